The Balaban J connectivity index is 3.47. The van der Waals surface area contributed by atoms with Crippen molar-refractivity contribution in [2.24, 2.45) is 5.73 Å². The predicted molar refractivity (Wildman–Crippen MR) is 72.9 cm³/mol. The van der Waals surface area contributed by atoms with Gasteiger partial charge in [-0.05, 0) is 25.8 Å². The summed E-state index contributed by atoms with van der Waals surface area (Å²) in [5, 5.41) is 6.19. The van der Waals surface area contributed by atoms with E-state index in [1.165, 1.54) is 6.42 Å². The van der Waals surface area contributed by atoms with E-state index in [-0.39, 0.29) is 11.9 Å². The molecule has 0 aliphatic carbocycles. The van der Waals surface area contributed by atoms with Gasteiger partial charge in [-0.25, -0.2) is 0 Å². The van der Waals surface area contributed by atoms with Crippen LogP contribution in [0.15, 0.2) is 0 Å². The maximum atomic E-state index is 11.6. The predicted octanol–water partition coefficient (Wildman–Crippen LogP) is 1.40. The van der Waals surface area contributed by atoms with Gasteiger partial charge in [0.25, 0.3) is 0 Å². The van der Waals surface area contributed by atoms with Gasteiger partial charge in [0.05, 0.1) is 6.04 Å². The van der Waals surface area contributed by atoms with E-state index in [4.69, 9.17) is 5.73 Å². The molecule has 0 aliphatic rings. The Hall–Kier alpha value is -0.610. The van der Waals surface area contributed by atoms with Gasteiger partial charge in [-0.1, -0.05) is 33.6 Å². The highest BCUT2D eigenvalue weighted by Gasteiger charge is 2.11. The first kappa shape index (κ1) is 16.4. The van der Waals surface area contributed by atoms with Crippen LogP contribution in [0.4, 0.5) is 0 Å². The normalized spacial score (nSPS) is 12.8. The first-order valence-corrected chi connectivity index (χ1v) is 6.84. The van der Waals surface area contributed by atoms with Crippen molar-refractivity contribution in [2.45, 2.75) is 65.0 Å². The van der Waals surface area contributed by atoms with Gasteiger partial charge >= 0.3 is 0 Å². The molecule has 4 heteroatoms. The van der Waals surface area contributed by atoms with Gasteiger partial charge in [0.1, 0.15) is 0 Å². The van der Waals surface area contributed by atoms with Crippen LogP contribution in [0.25, 0.3) is 0 Å². The summed E-state index contributed by atoms with van der Waals surface area (Å²) < 4.78 is 0. The second-order valence-corrected chi connectivity index (χ2v) is 4.86. The zero-order valence-corrected chi connectivity index (χ0v) is 11.6. The van der Waals surface area contributed by atoms with Crippen molar-refractivity contribution < 1.29 is 4.79 Å². The van der Waals surface area contributed by atoms with Crippen LogP contribution in [0.2, 0.25) is 0 Å². The molecule has 0 saturated heterocycles. The van der Waals surface area contributed by atoms with Crippen LogP contribution in [0, 0.1) is 0 Å². The summed E-state index contributed by atoms with van der Waals surface area (Å²) in [6, 6.07) is 0.139. The smallest absolute Gasteiger partial charge is 0.236 e. The zero-order chi connectivity index (χ0) is 13.1. The van der Waals surface area contributed by atoms with Crippen molar-refractivity contribution in [1.29, 1.82) is 0 Å². The number of hydrogen-bond acceptors (Lipinski definition) is 3. The standard InChI is InChI=1S/C13H29N3O/c1-4-5-6-9-16-13(17)12(14)8-7-10-15-11(2)3/h11-12,15H,4-10,14H2,1-3H3,(H,16,17)/t12-/m0/s1. The minimum Gasteiger partial charge on any atom is -0.355 e. The van der Waals surface area contributed by atoms with Crippen LogP contribution in [0.1, 0.15) is 52.9 Å². The third kappa shape index (κ3) is 10.3. The summed E-state index contributed by atoms with van der Waals surface area (Å²) in [4.78, 5) is 11.6. The summed E-state index contributed by atoms with van der Waals surface area (Å²) >= 11 is 0. The van der Waals surface area contributed by atoms with Gasteiger partial charge in [-0.3, -0.25) is 4.79 Å². The molecule has 0 unspecified atom stereocenters. The van der Waals surface area contributed by atoms with Gasteiger partial charge in [-0.15, -0.1) is 0 Å². The van der Waals surface area contributed by atoms with Crippen molar-refractivity contribution in [2.75, 3.05) is 13.1 Å². The number of hydrogen-bond donors (Lipinski definition) is 3. The Morgan fingerprint density at radius 2 is 1.88 bits per heavy atom. The van der Waals surface area contributed by atoms with Crippen LogP contribution in [-0.4, -0.2) is 31.1 Å². The lowest BCUT2D eigenvalue weighted by Crippen LogP contribution is -2.41. The molecule has 0 aromatic carbocycles. The Bertz CT molecular complexity index is 195. The molecule has 0 rings (SSSR count). The Morgan fingerprint density at radius 3 is 2.47 bits per heavy atom. The monoisotopic (exact) mass is 243 g/mol. The zero-order valence-electron chi connectivity index (χ0n) is 11.6. The summed E-state index contributed by atoms with van der Waals surface area (Å²) in [6.07, 6.45) is 5.07. The van der Waals surface area contributed by atoms with E-state index >= 15 is 0 Å². The fourth-order valence-corrected chi connectivity index (χ4v) is 1.56. The van der Waals surface area contributed by atoms with Crippen molar-refractivity contribution in [3.05, 3.63) is 0 Å². The van der Waals surface area contributed by atoms with Crippen LogP contribution in [0.3, 0.4) is 0 Å². The minimum absolute atomic E-state index is 0.00866. The van der Waals surface area contributed by atoms with Crippen LogP contribution in [0.5, 0.6) is 0 Å². The lowest BCUT2D eigenvalue weighted by atomic mass is 10.1. The van der Waals surface area contributed by atoms with Crippen LogP contribution >= 0.6 is 0 Å². The first-order chi connectivity index (χ1) is 8.07. The number of nitrogens with one attached hydrogen (secondary N) is 2. The summed E-state index contributed by atoms with van der Waals surface area (Å²) in [7, 11) is 0. The maximum Gasteiger partial charge on any atom is 0.236 e. The third-order valence-corrected chi connectivity index (χ3v) is 2.66. The lowest BCUT2D eigenvalue weighted by molar-refractivity contribution is -0.122. The van der Waals surface area contributed by atoms with E-state index in [0.717, 1.165) is 38.8 Å². The lowest BCUT2D eigenvalue weighted by Gasteiger charge is -2.13. The SMILES string of the molecule is CCCCCNC(=O)[C@@H](N)CCCNC(C)C. The Labute approximate surface area is 106 Å². The van der Waals surface area contributed by atoms with Crippen LogP contribution in [-0.2, 0) is 4.79 Å². The molecule has 0 radical (unpaired) electrons. The number of rotatable bonds is 10. The quantitative estimate of drug-likeness (QED) is 0.508. The molecule has 1 atom stereocenters. The minimum atomic E-state index is -0.356. The molecule has 0 spiro atoms. The van der Waals surface area contributed by atoms with E-state index in [1.807, 2.05) is 0 Å². The van der Waals surface area contributed by atoms with Crippen molar-refractivity contribution in [3.63, 3.8) is 0 Å². The molecule has 17 heavy (non-hydrogen) atoms. The number of nitrogens with two attached hydrogens (primary N) is 1. The molecule has 1 amide bonds. The van der Waals surface area contributed by atoms with E-state index in [1.54, 1.807) is 0 Å². The number of unbranched alkanes of at least 4 members (excludes halogenated alkanes) is 2. The highest BCUT2D eigenvalue weighted by Crippen LogP contribution is 1.96. The van der Waals surface area contributed by atoms with Crippen molar-refractivity contribution >= 4 is 5.91 Å². The molecule has 0 bridgehead atoms. The van der Waals surface area contributed by atoms with Crippen molar-refractivity contribution in [3.8, 4) is 0 Å². The molecule has 0 saturated carbocycles. The van der Waals surface area contributed by atoms with Gasteiger partial charge in [0.2, 0.25) is 5.91 Å². The molecule has 102 valence electrons. The first-order valence-electron chi connectivity index (χ1n) is 6.84. The number of amides is 1. The molecule has 0 aliphatic heterocycles. The fourth-order valence-electron chi connectivity index (χ4n) is 1.56. The number of carbonyl (C=O) groups excluding carboxylic acids is 1. The van der Waals surface area contributed by atoms with Gasteiger partial charge < -0.3 is 16.4 Å². The average Bonchev–Trinajstić information content (AvgIpc) is 2.29. The Kier molecular flexibility index (Phi) is 10.2. The summed E-state index contributed by atoms with van der Waals surface area (Å²) in [6.45, 7) is 8.05. The average molecular weight is 243 g/mol. The molecule has 0 aromatic heterocycles. The molecule has 0 aromatic rings. The maximum absolute atomic E-state index is 11.6. The number of carbonyl (C=O) groups is 1. The van der Waals surface area contributed by atoms with E-state index < -0.39 is 0 Å². The fraction of sp³-hybridized carbons (Fsp3) is 0.923. The Morgan fingerprint density at radius 1 is 1.18 bits per heavy atom. The molecule has 0 fully saturated rings. The molecular weight excluding hydrogens is 214 g/mol. The van der Waals surface area contributed by atoms with E-state index in [0.29, 0.717) is 6.04 Å². The second-order valence-electron chi connectivity index (χ2n) is 4.86. The largest absolute Gasteiger partial charge is 0.355 e. The third-order valence-electron chi connectivity index (χ3n) is 2.66. The highest BCUT2D eigenvalue weighted by atomic mass is 16.2. The molecule has 4 nitrogen and oxygen atoms in total. The molecule has 4 N–H and O–H groups in total. The van der Waals surface area contributed by atoms with Gasteiger partial charge in [-0.2, -0.15) is 0 Å². The highest BCUT2D eigenvalue weighted by molar-refractivity contribution is 5.81. The summed E-state index contributed by atoms with van der Waals surface area (Å²) in [5.41, 5.74) is 5.81. The second kappa shape index (κ2) is 10.5. The van der Waals surface area contributed by atoms with Crippen LogP contribution < -0.4 is 16.4 Å². The van der Waals surface area contributed by atoms with E-state index in [2.05, 4.69) is 31.4 Å². The van der Waals surface area contributed by atoms with Gasteiger partial charge in [0, 0.05) is 12.6 Å². The molecule has 0 heterocycles. The van der Waals surface area contributed by atoms with E-state index in [9.17, 15) is 4.79 Å². The van der Waals surface area contributed by atoms with Crippen molar-refractivity contribution in [1.82, 2.24) is 10.6 Å². The topological polar surface area (TPSA) is 67.2 Å². The van der Waals surface area contributed by atoms with Gasteiger partial charge in [0.15, 0.2) is 0 Å². The molecular formula is C13H29N3O. The summed E-state index contributed by atoms with van der Waals surface area (Å²) in [5.74, 6) is -0.00866.